The molecule has 3 N–H and O–H groups in total. The predicted molar refractivity (Wildman–Crippen MR) is 78.5 cm³/mol. The van der Waals surface area contributed by atoms with Gasteiger partial charge in [-0.2, -0.15) is 0 Å². The molecule has 0 radical (unpaired) electrons. The average Bonchev–Trinajstić information content (AvgIpc) is 2.46. The molecule has 1 aromatic rings. The fourth-order valence-electron chi connectivity index (χ4n) is 1.96. The molecule has 0 aromatic heterocycles. The molecule has 116 valence electrons. The summed E-state index contributed by atoms with van der Waals surface area (Å²) in [6.45, 7) is 3.61. The number of amides is 1. The number of rotatable bonds is 5. The summed E-state index contributed by atoms with van der Waals surface area (Å²) in [5, 5.41) is 5.72. The van der Waals surface area contributed by atoms with Gasteiger partial charge < -0.3 is 15.4 Å². The van der Waals surface area contributed by atoms with E-state index in [0.29, 0.717) is 18.8 Å². The smallest absolute Gasteiger partial charge is 0.240 e. The van der Waals surface area contributed by atoms with Crippen molar-refractivity contribution in [3.05, 3.63) is 24.3 Å². The Morgan fingerprint density at radius 1 is 1.38 bits per heavy atom. The molecule has 1 amide bonds. The molecule has 0 spiro atoms. The first-order valence-corrected chi connectivity index (χ1v) is 8.15. The van der Waals surface area contributed by atoms with Crippen molar-refractivity contribution in [2.45, 2.75) is 17.9 Å². The van der Waals surface area contributed by atoms with Crippen LogP contribution in [0.25, 0.3) is 0 Å². The number of nitrogens with one attached hydrogen (secondary N) is 3. The summed E-state index contributed by atoms with van der Waals surface area (Å²) in [6.07, 6.45) is -0.160. The lowest BCUT2D eigenvalue weighted by Crippen LogP contribution is -2.45. The van der Waals surface area contributed by atoms with E-state index in [1.54, 1.807) is 12.1 Å². The van der Waals surface area contributed by atoms with Crippen LogP contribution in [0.15, 0.2) is 29.2 Å². The maximum absolute atomic E-state index is 12.1. The first kappa shape index (κ1) is 15.9. The van der Waals surface area contributed by atoms with Gasteiger partial charge in [-0.1, -0.05) is 0 Å². The monoisotopic (exact) mass is 313 g/mol. The molecule has 1 fully saturated rings. The summed E-state index contributed by atoms with van der Waals surface area (Å²) in [7, 11) is -3.58. The van der Waals surface area contributed by atoms with Gasteiger partial charge in [0.25, 0.3) is 0 Å². The van der Waals surface area contributed by atoms with E-state index in [9.17, 15) is 13.2 Å². The Morgan fingerprint density at radius 3 is 2.67 bits per heavy atom. The molecule has 1 saturated heterocycles. The van der Waals surface area contributed by atoms with Crippen molar-refractivity contribution in [1.82, 2.24) is 10.0 Å². The maximum Gasteiger partial charge on any atom is 0.240 e. The van der Waals surface area contributed by atoms with Gasteiger partial charge >= 0.3 is 0 Å². The number of sulfonamides is 1. The Labute approximate surface area is 124 Å². The zero-order valence-corrected chi connectivity index (χ0v) is 12.6. The molecule has 21 heavy (non-hydrogen) atoms. The summed E-state index contributed by atoms with van der Waals surface area (Å²) < 4.78 is 32.2. The zero-order chi connectivity index (χ0) is 15.3. The van der Waals surface area contributed by atoms with Crippen molar-refractivity contribution < 1.29 is 17.9 Å². The third kappa shape index (κ3) is 4.78. The molecular weight excluding hydrogens is 294 g/mol. The molecule has 0 bridgehead atoms. The van der Waals surface area contributed by atoms with Crippen LogP contribution >= 0.6 is 0 Å². The zero-order valence-electron chi connectivity index (χ0n) is 11.8. The number of morpholine rings is 1. The van der Waals surface area contributed by atoms with Gasteiger partial charge in [0.15, 0.2) is 0 Å². The third-order valence-corrected chi connectivity index (χ3v) is 4.43. The van der Waals surface area contributed by atoms with E-state index in [0.717, 1.165) is 6.54 Å². The highest BCUT2D eigenvalue weighted by atomic mass is 32.2. The quantitative estimate of drug-likeness (QED) is 0.706. The number of benzene rings is 1. The second-order valence-electron chi connectivity index (χ2n) is 4.75. The fourth-order valence-corrected chi connectivity index (χ4v) is 3.02. The van der Waals surface area contributed by atoms with Crippen molar-refractivity contribution in [2.24, 2.45) is 0 Å². The van der Waals surface area contributed by atoms with E-state index in [4.69, 9.17) is 4.74 Å². The van der Waals surface area contributed by atoms with Crippen molar-refractivity contribution in [2.75, 3.05) is 31.6 Å². The molecule has 8 heteroatoms. The molecule has 1 aliphatic rings. The Hall–Kier alpha value is -1.48. The van der Waals surface area contributed by atoms with Gasteiger partial charge in [0.05, 0.1) is 17.6 Å². The summed E-state index contributed by atoms with van der Waals surface area (Å²) in [4.78, 5) is 11.1. The summed E-state index contributed by atoms with van der Waals surface area (Å²) in [6, 6.07) is 6.00. The lowest BCUT2D eigenvalue weighted by atomic mass is 10.3. The minimum absolute atomic E-state index is 0.153. The minimum Gasteiger partial charge on any atom is -0.374 e. The lowest BCUT2D eigenvalue weighted by Gasteiger charge is -2.23. The van der Waals surface area contributed by atoms with Crippen molar-refractivity contribution in [3.63, 3.8) is 0 Å². The van der Waals surface area contributed by atoms with Crippen LogP contribution in [0.1, 0.15) is 6.92 Å². The predicted octanol–water partition coefficient (Wildman–Crippen LogP) is -0.0883. The number of anilines is 1. The van der Waals surface area contributed by atoms with Crippen LogP contribution in [0.4, 0.5) is 5.69 Å². The second-order valence-corrected chi connectivity index (χ2v) is 6.52. The van der Waals surface area contributed by atoms with Gasteiger partial charge in [-0.25, -0.2) is 13.1 Å². The summed E-state index contributed by atoms with van der Waals surface area (Å²) in [5.74, 6) is -0.203. The molecule has 2 rings (SSSR count). The Bertz CT molecular complexity index is 580. The molecule has 1 unspecified atom stereocenters. The Balaban J connectivity index is 1.96. The SMILES string of the molecule is CC(=O)Nc1ccc(S(=O)(=O)NCC2CNCCO2)cc1. The Morgan fingerprint density at radius 2 is 2.10 bits per heavy atom. The third-order valence-electron chi connectivity index (χ3n) is 2.99. The van der Waals surface area contributed by atoms with Gasteiger partial charge in [0.1, 0.15) is 0 Å². The maximum atomic E-state index is 12.1. The van der Waals surface area contributed by atoms with Crippen LogP contribution < -0.4 is 15.4 Å². The molecule has 7 nitrogen and oxygen atoms in total. The molecule has 0 saturated carbocycles. The van der Waals surface area contributed by atoms with Crippen LogP contribution in [-0.4, -0.2) is 46.7 Å². The first-order chi connectivity index (χ1) is 9.97. The van der Waals surface area contributed by atoms with E-state index in [2.05, 4.69) is 15.4 Å². The fraction of sp³-hybridized carbons (Fsp3) is 0.462. The number of hydrogen-bond acceptors (Lipinski definition) is 5. The number of hydrogen-bond donors (Lipinski definition) is 3. The molecular formula is C13H19N3O4S. The van der Waals surface area contributed by atoms with Crippen LogP contribution in [-0.2, 0) is 19.6 Å². The van der Waals surface area contributed by atoms with Crippen molar-refractivity contribution in [3.8, 4) is 0 Å². The van der Waals surface area contributed by atoms with Gasteiger partial charge in [-0.3, -0.25) is 4.79 Å². The highest BCUT2D eigenvalue weighted by Gasteiger charge is 2.19. The molecule has 1 aromatic carbocycles. The number of carbonyl (C=O) groups excluding carboxylic acids is 1. The van der Waals surface area contributed by atoms with Gasteiger partial charge in [-0.05, 0) is 24.3 Å². The average molecular weight is 313 g/mol. The van der Waals surface area contributed by atoms with Gasteiger partial charge in [-0.15, -0.1) is 0 Å². The van der Waals surface area contributed by atoms with E-state index >= 15 is 0 Å². The molecule has 1 aliphatic heterocycles. The number of carbonyl (C=O) groups is 1. The van der Waals surface area contributed by atoms with Crippen LogP contribution in [0.3, 0.4) is 0 Å². The van der Waals surface area contributed by atoms with Crippen molar-refractivity contribution in [1.29, 1.82) is 0 Å². The highest BCUT2D eigenvalue weighted by Crippen LogP contribution is 2.14. The van der Waals surface area contributed by atoms with Crippen LogP contribution in [0.5, 0.6) is 0 Å². The van der Waals surface area contributed by atoms with E-state index in [1.165, 1.54) is 19.1 Å². The number of ether oxygens (including phenoxy) is 1. The Kier molecular flexibility index (Phi) is 5.29. The first-order valence-electron chi connectivity index (χ1n) is 6.67. The largest absolute Gasteiger partial charge is 0.374 e. The summed E-state index contributed by atoms with van der Waals surface area (Å²) in [5.41, 5.74) is 0.557. The summed E-state index contributed by atoms with van der Waals surface area (Å²) >= 11 is 0. The molecule has 1 atom stereocenters. The topological polar surface area (TPSA) is 96.5 Å². The van der Waals surface area contributed by atoms with E-state index in [1.807, 2.05) is 0 Å². The van der Waals surface area contributed by atoms with E-state index in [-0.39, 0.29) is 23.5 Å². The molecule has 0 aliphatic carbocycles. The van der Waals surface area contributed by atoms with Crippen LogP contribution in [0.2, 0.25) is 0 Å². The van der Waals surface area contributed by atoms with Crippen LogP contribution in [0, 0.1) is 0 Å². The normalized spacial score (nSPS) is 19.2. The second kappa shape index (κ2) is 6.99. The van der Waals surface area contributed by atoms with Crippen molar-refractivity contribution >= 4 is 21.6 Å². The molecule has 1 heterocycles. The lowest BCUT2D eigenvalue weighted by molar-refractivity contribution is -0.114. The standard InChI is InChI=1S/C13H19N3O4S/c1-10(17)16-11-2-4-13(5-3-11)21(18,19)15-9-12-8-14-6-7-20-12/h2-5,12,14-15H,6-9H2,1H3,(H,16,17). The minimum atomic E-state index is -3.58. The van der Waals surface area contributed by atoms with E-state index < -0.39 is 10.0 Å². The van der Waals surface area contributed by atoms with Gasteiger partial charge in [0, 0.05) is 32.2 Å². The van der Waals surface area contributed by atoms with Gasteiger partial charge in [0.2, 0.25) is 15.9 Å². The highest BCUT2D eigenvalue weighted by molar-refractivity contribution is 7.89.